The van der Waals surface area contributed by atoms with Crippen molar-refractivity contribution in [1.82, 2.24) is 15.5 Å². The molecule has 0 unspecified atom stereocenters. The van der Waals surface area contributed by atoms with Gasteiger partial charge in [-0.2, -0.15) is 0 Å². The average Bonchev–Trinajstić information content (AvgIpc) is 3.21. The van der Waals surface area contributed by atoms with Crippen LogP contribution in [-0.4, -0.2) is 58.1 Å². The molecule has 0 bridgehead atoms. The Balaban J connectivity index is 2.01. The van der Waals surface area contributed by atoms with E-state index >= 15 is 0 Å². The monoisotopic (exact) mass is 447 g/mol. The SMILES string of the molecule is CC(C)C[C@H](NC(=O)OCc1ccccc1)C(=O)NC(C)(C)C(=O)N1CCC[C@H]1C(=O)O. The van der Waals surface area contributed by atoms with Crippen molar-refractivity contribution in [1.29, 1.82) is 0 Å². The fourth-order valence-electron chi connectivity index (χ4n) is 3.68. The lowest BCUT2D eigenvalue weighted by Crippen LogP contribution is -2.61. The van der Waals surface area contributed by atoms with Crippen LogP contribution in [0.25, 0.3) is 0 Å². The summed E-state index contributed by atoms with van der Waals surface area (Å²) in [6, 6.07) is 7.37. The number of ether oxygens (including phenoxy) is 1. The minimum Gasteiger partial charge on any atom is -0.480 e. The number of carboxylic acid groups (broad SMARTS) is 1. The van der Waals surface area contributed by atoms with Crippen LogP contribution in [0.1, 0.15) is 52.5 Å². The first kappa shape index (κ1) is 25.2. The number of rotatable bonds is 9. The molecule has 1 aliphatic heterocycles. The summed E-state index contributed by atoms with van der Waals surface area (Å²) in [5.74, 6) is -1.96. The maximum atomic E-state index is 13.0. The van der Waals surface area contributed by atoms with Gasteiger partial charge in [0.05, 0.1) is 0 Å². The zero-order valence-electron chi connectivity index (χ0n) is 19.1. The van der Waals surface area contributed by atoms with Crippen LogP contribution < -0.4 is 10.6 Å². The maximum Gasteiger partial charge on any atom is 0.408 e. The number of hydrogen-bond donors (Lipinski definition) is 3. The Bertz CT molecular complexity index is 824. The molecule has 0 aliphatic carbocycles. The Kier molecular flexibility index (Phi) is 8.63. The van der Waals surface area contributed by atoms with Crippen LogP contribution in [-0.2, 0) is 25.7 Å². The van der Waals surface area contributed by atoms with E-state index < -0.39 is 41.5 Å². The maximum absolute atomic E-state index is 13.0. The van der Waals surface area contributed by atoms with Gasteiger partial charge in [-0.15, -0.1) is 0 Å². The van der Waals surface area contributed by atoms with Gasteiger partial charge >= 0.3 is 12.1 Å². The van der Waals surface area contributed by atoms with Gasteiger partial charge < -0.3 is 25.4 Å². The molecule has 0 radical (unpaired) electrons. The van der Waals surface area contributed by atoms with Gasteiger partial charge in [0.2, 0.25) is 11.8 Å². The third-order valence-corrected chi connectivity index (χ3v) is 5.30. The molecule has 2 atom stereocenters. The summed E-state index contributed by atoms with van der Waals surface area (Å²) in [7, 11) is 0. The zero-order chi connectivity index (χ0) is 23.9. The molecular weight excluding hydrogens is 414 g/mol. The minimum atomic E-state index is -1.33. The van der Waals surface area contributed by atoms with Gasteiger partial charge in [0, 0.05) is 6.54 Å². The van der Waals surface area contributed by atoms with Crippen molar-refractivity contribution in [2.75, 3.05) is 6.54 Å². The molecule has 0 spiro atoms. The Morgan fingerprint density at radius 1 is 1.19 bits per heavy atom. The smallest absolute Gasteiger partial charge is 0.408 e. The van der Waals surface area contributed by atoms with Crippen LogP contribution in [0, 0.1) is 5.92 Å². The molecular formula is C23H33N3O6. The average molecular weight is 448 g/mol. The van der Waals surface area contributed by atoms with Gasteiger partial charge in [0.15, 0.2) is 0 Å². The topological polar surface area (TPSA) is 125 Å². The molecule has 1 aromatic carbocycles. The number of carbonyl (C=O) groups excluding carboxylic acids is 3. The van der Waals surface area contributed by atoms with E-state index in [1.165, 1.54) is 18.7 Å². The van der Waals surface area contributed by atoms with Gasteiger partial charge in [0.25, 0.3) is 0 Å². The number of alkyl carbamates (subject to hydrolysis) is 1. The summed E-state index contributed by atoms with van der Waals surface area (Å²) in [6.45, 7) is 7.28. The van der Waals surface area contributed by atoms with Crippen LogP contribution in [0.5, 0.6) is 0 Å². The van der Waals surface area contributed by atoms with Crippen LogP contribution in [0.15, 0.2) is 30.3 Å². The number of carbonyl (C=O) groups is 4. The lowest BCUT2D eigenvalue weighted by Gasteiger charge is -2.33. The second kappa shape index (κ2) is 11.0. The summed E-state index contributed by atoms with van der Waals surface area (Å²) < 4.78 is 5.22. The number of hydrogen-bond acceptors (Lipinski definition) is 5. The van der Waals surface area contributed by atoms with Crippen molar-refractivity contribution in [2.24, 2.45) is 5.92 Å². The molecule has 9 heteroatoms. The highest BCUT2D eigenvalue weighted by Crippen LogP contribution is 2.22. The number of carboxylic acids is 1. The highest BCUT2D eigenvalue weighted by Gasteiger charge is 2.42. The highest BCUT2D eigenvalue weighted by atomic mass is 16.5. The highest BCUT2D eigenvalue weighted by molar-refractivity contribution is 5.95. The van der Waals surface area contributed by atoms with Gasteiger partial charge in [0.1, 0.15) is 24.2 Å². The second-order valence-corrected chi connectivity index (χ2v) is 9.00. The number of benzene rings is 1. The first-order valence-corrected chi connectivity index (χ1v) is 10.8. The molecule has 1 saturated heterocycles. The molecule has 1 fully saturated rings. The summed E-state index contributed by atoms with van der Waals surface area (Å²) in [4.78, 5) is 51.0. The quantitative estimate of drug-likeness (QED) is 0.533. The van der Waals surface area contributed by atoms with E-state index in [1.54, 1.807) is 0 Å². The van der Waals surface area contributed by atoms with Gasteiger partial charge in [-0.3, -0.25) is 9.59 Å². The van der Waals surface area contributed by atoms with E-state index in [0.29, 0.717) is 25.8 Å². The normalized spacial score (nSPS) is 17.0. The largest absolute Gasteiger partial charge is 0.480 e. The number of amides is 3. The van der Waals surface area contributed by atoms with Crippen LogP contribution in [0.3, 0.4) is 0 Å². The summed E-state index contributed by atoms with van der Waals surface area (Å²) in [5, 5.41) is 14.6. The van der Waals surface area contributed by atoms with Crippen LogP contribution in [0.2, 0.25) is 0 Å². The molecule has 2 rings (SSSR count). The zero-order valence-corrected chi connectivity index (χ0v) is 19.1. The molecule has 9 nitrogen and oxygen atoms in total. The van der Waals surface area contributed by atoms with E-state index in [9.17, 15) is 24.3 Å². The van der Waals surface area contributed by atoms with Gasteiger partial charge in [-0.05, 0) is 44.6 Å². The summed E-state index contributed by atoms with van der Waals surface area (Å²) in [5.41, 5.74) is -0.516. The van der Waals surface area contributed by atoms with Crippen LogP contribution >= 0.6 is 0 Å². The van der Waals surface area contributed by atoms with E-state index in [2.05, 4.69) is 10.6 Å². The predicted octanol–water partition coefficient (Wildman–Crippen LogP) is 2.30. The number of likely N-dealkylation sites (tertiary alicyclic amines) is 1. The van der Waals surface area contributed by atoms with Gasteiger partial charge in [-0.25, -0.2) is 9.59 Å². The van der Waals surface area contributed by atoms with Crippen molar-refractivity contribution in [2.45, 2.75) is 71.2 Å². The fourth-order valence-corrected chi connectivity index (χ4v) is 3.68. The minimum absolute atomic E-state index is 0.0677. The predicted molar refractivity (Wildman–Crippen MR) is 118 cm³/mol. The molecule has 0 saturated carbocycles. The summed E-state index contributed by atoms with van der Waals surface area (Å²) >= 11 is 0. The Hall–Kier alpha value is -3.10. The third kappa shape index (κ3) is 6.96. The molecule has 3 amide bonds. The molecule has 32 heavy (non-hydrogen) atoms. The third-order valence-electron chi connectivity index (χ3n) is 5.30. The lowest BCUT2D eigenvalue weighted by atomic mass is 9.99. The Morgan fingerprint density at radius 3 is 2.44 bits per heavy atom. The first-order valence-electron chi connectivity index (χ1n) is 10.8. The molecule has 1 aromatic rings. The molecule has 3 N–H and O–H groups in total. The van der Waals surface area contributed by atoms with Crippen molar-refractivity contribution < 1.29 is 29.0 Å². The van der Waals surface area contributed by atoms with Crippen LogP contribution in [0.4, 0.5) is 4.79 Å². The lowest BCUT2D eigenvalue weighted by molar-refractivity contribution is -0.151. The van der Waals surface area contributed by atoms with Crippen molar-refractivity contribution in [3.8, 4) is 0 Å². The Labute approximate surface area is 188 Å². The molecule has 0 aromatic heterocycles. The van der Waals surface area contributed by atoms with Gasteiger partial charge in [-0.1, -0.05) is 44.2 Å². The number of nitrogens with zero attached hydrogens (tertiary/aromatic N) is 1. The van der Waals surface area contributed by atoms with E-state index in [-0.39, 0.29) is 12.5 Å². The fraction of sp³-hybridized carbons (Fsp3) is 0.565. The number of nitrogens with one attached hydrogen (secondary N) is 2. The standard InChI is InChI=1S/C23H33N3O6/c1-15(2)13-17(24-22(31)32-14-16-9-6-5-7-10-16)19(27)25-23(3,4)21(30)26-12-8-11-18(26)20(28)29/h5-7,9-10,15,17-18H,8,11-14H2,1-4H3,(H,24,31)(H,25,27)(H,28,29)/t17-,18-/m0/s1. The molecule has 176 valence electrons. The van der Waals surface area contributed by atoms with Crippen molar-refractivity contribution in [3.05, 3.63) is 35.9 Å². The summed E-state index contributed by atoms with van der Waals surface area (Å²) in [6.07, 6.45) is 0.593. The Morgan fingerprint density at radius 2 is 1.84 bits per heavy atom. The van der Waals surface area contributed by atoms with Crippen molar-refractivity contribution in [3.63, 3.8) is 0 Å². The second-order valence-electron chi connectivity index (χ2n) is 9.00. The van der Waals surface area contributed by atoms with E-state index in [1.807, 2.05) is 44.2 Å². The molecule has 1 heterocycles. The van der Waals surface area contributed by atoms with Crippen molar-refractivity contribution >= 4 is 23.9 Å². The first-order chi connectivity index (χ1) is 15.0. The number of aliphatic carboxylic acids is 1. The molecule has 1 aliphatic rings. The van der Waals surface area contributed by atoms with E-state index in [0.717, 1.165) is 5.56 Å². The van der Waals surface area contributed by atoms with E-state index in [4.69, 9.17) is 4.74 Å².